The number of amides is 2. The van der Waals surface area contributed by atoms with Crippen LogP contribution in [0.1, 0.15) is 15.9 Å². The summed E-state index contributed by atoms with van der Waals surface area (Å²) in [5.74, 6) is -0.216. The number of piperazine rings is 1. The maximum atomic E-state index is 12.7. The highest BCUT2D eigenvalue weighted by atomic mass is 32.2. The third kappa shape index (κ3) is 6.00. The number of benzene rings is 1. The van der Waals surface area contributed by atoms with Crippen molar-refractivity contribution in [2.75, 3.05) is 40.0 Å². The van der Waals surface area contributed by atoms with E-state index in [9.17, 15) is 18.0 Å². The molecule has 1 saturated heterocycles. The minimum absolute atomic E-state index is 0.0343. The number of hydrogen-bond acceptors (Lipinski definition) is 7. The van der Waals surface area contributed by atoms with Crippen LogP contribution < -0.4 is 15.4 Å². The molecule has 2 N–H and O–H groups in total. The number of rotatable bonds is 9. The fourth-order valence-corrected chi connectivity index (χ4v) is 4.26. The van der Waals surface area contributed by atoms with Crippen LogP contribution >= 0.6 is 0 Å². The number of ether oxygens (including phenoxy) is 2. The molecule has 1 aromatic heterocycles. The van der Waals surface area contributed by atoms with Gasteiger partial charge in [-0.3, -0.25) is 9.59 Å². The first-order valence-corrected chi connectivity index (χ1v) is 11.1. The lowest BCUT2D eigenvalue weighted by molar-refractivity contribution is -0.122. The fraction of sp³-hybridized carbons (Fsp3) is 0.350. The highest BCUT2D eigenvalue weighted by Crippen LogP contribution is 2.17. The molecule has 2 heterocycles. The van der Waals surface area contributed by atoms with Gasteiger partial charge in [-0.1, -0.05) is 6.07 Å². The summed E-state index contributed by atoms with van der Waals surface area (Å²) in [6.45, 7) is 1.39. The van der Waals surface area contributed by atoms with Crippen molar-refractivity contribution >= 4 is 21.8 Å². The number of hydrogen-bond donors (Lipinski definition) is 2. The molecule has 0 unspecified atom stereocenters. The lowest BCUT2D eigenvalue weighted by Gasteiger charge is -2.25. The smallest absolute Gasteiger partial charge is 0.251 e. The molecule has 31 heavy (non-hydrogen) atoms. The molecule has 0 spiro atoms. The Hall–Kier alpha value is -3.02. The first-order valence-electron chi connectivity index (χ1n) is 9.62. The molecule has 0 atom stereocenters. The van der Waals surface area contributed by atoms with Gasteiger partial charge in [-0.2, -0.15) is 4.31 Å². The van der Waals surface area contributed by atoms with Gasteiger partial charge in [0.25, 0.3) is 5.91 Å². The molecular formula is C20H24N4O6S. The standard InChI is InChI=1S/C20H24N4O6S/c1-29-10-11-30-19-7-2-15(12-22-19)13-23-20(26)16-3-5-17(6-4-16)31(27,28)24-9-8-21-18(25)14-24/h2-7,12H,8-11,13-14H2,1H3,(H,21,25)(H,23,26). The van der Waals surface area contributed by atoms with E-state index in [4.69, 9.17) is 9.47 Å². The van der Waals surface area contributed by atoms with Crippen LogP contribution in [0.25, 0.3) is 0 Å². The lowest BCUT2D eigenvalue weighted by Crippen LogP contribution is -2.49. The number of pyridine rings is 1. The largest absolute Gasteiger partial charge is 0.475 e. The summed E-state index contributed by atoms with van der Waals surface area (Å²) in [5, 5.41) is 5.35. The first-order chi connectivity index (χ1) is 14.9. The molecule has 0 radical (unpaired) electrons. The summed E-state index contributed by atoms with van der Waals surface area (Å²) >= 11 is 0. The van der Waals surface area contributed by atoms with E-state index in [0.29, 0.717) is 24.7 Å². The normalized spacial score (nSPS) is 14.7. The van der Waals surface area contributed by atoms with E-state index in [-0.39, 0.29) is 42.9 Å². The van der Waals surface area contributed by atoms with E-state index in [1.54, 1.807) is 25.4 Å². The number of aromatic nitrogens is 1. The van der Waals surface area contributed by atoms with Crippen molar-refractivity contribution in [3.05, 3.63) is 53.7 Å². The van der Waals surface area contributed by atoms with Gasteiger partial charge in [0.2, 0.25) is 21.8 Å². The van der Waals surface area contributed by atoms with Crippen LogP contribution in [0.5, 0.6) is 5.88 Å². The summed E-state index contributed by atoms with van der Waals surface area (Å²) in [5.41, 5.74) is 1.11. The van der Waals surface area contributed by atoms with E-state index in [2.05, 4.69) is 15.6 Å². The SMILES string of the molecule is COCCOc1ccc(CNC(=O)c2ccc(S(=O)(=O)N3CCNC(=O)C3)cc2)cn1. The van der Waals surface area contributed by atoms with Gasteiger partial charge in [0.1, 0.15) is 6.61 Å². The Kier molecular flexibility index (Phi) is 7.55. The number of methoxy groups -OCH3 is 1. The molecule has 166 valence electrons. The average Bonchev–Trinajstić information content (AvgIpc) is 2.78. The van der Waals surface area contributed by atoms with Crippen molar-refractivity contribution in [1.29, 1.82) is 0 Å². The molecule has 1 aliphatic rings. The predicted octanol–water partition coefficient (Wildman–Crippen LogP) is 0.157. The van der Waals surface area contributed by atoms with E-state index in [1.165, 1.54) is 24.3 Å². The van der Waals surface area contributed by atoms with Gasteiger partial charge >= 0.3 is 0 Å². The van der Waals surface area contributed by atoms with Gasteiger partial charge < -0.3 is 20.1 Å². The highest BCUT2D eigenvalue weighted by molar-refractivity contribution is 7.89. The van der Waals surface area contributed by atoms with Gasteiger partial charge in [0.05, 0.1) is 18.0 Å². The topological polar surface area (TPSA) is 127 Å². The second kappa shape index (κ2) is 10.3. The van der Waals surface area contributed by atoms with Crippen LogP contribution in [0.3, 0.4) is 0 Å². The zero-order valence-corrected chi connectivity index (χ0v) is 17.9. The summed E-state index contributed by atoms with van der Waals surface area (Å²) in [4.78, 5) is 28.1. The Morgan fingerprint density at radius 3 is 2.61 bits per heavy atom. The molecule has 0 bridgehead atoms. The van der Waals surface area contributed by atoms with Crippen LogP contribution in [0.2, 0.25) is 0 Å². The molecule has 3 rings (SSSR count). The minimum Gasteiger partial charge on any atom is -0.475 e. The van der Waals surface area contributed by atoms with Crippen molar-refractivity contribution in [2.45, 2.75) is 11.4 Å². The molecule has 0 aliphatic carbocycles. The quantitative estimate of drug-likeness (QED) is 0.523. The van der Waals surface area contributed by atoms with Crippen LogP contribution in [-0.4, -0.2) is 69.5 Å². The number of carbonyl (C=O) groups excluding carboxylic acids is 2. The third-order valence-corrected chi connectivity index (χ3v) is 6.41. The van der Waals surface area contributed by atoms with Gasteiger partial charge in [-0.15, -0.1) is 0 Å². The summed E-state index contributed by atoms with van der Waals surface area (Å²) < 4.78 is 36.7. The predicted molar refractivity (Wildman–Crippen MR) is 111 cm³/mol. The molecule has 1 fully saturated rings. The van der Waals surface area contributed by atoms with Crippen molar-refractivity contribution in [3.8, 4) is 5.88 Å². The lowest BCUT2D eigenvalue weighted by atomic mass is 10.2. The average molecular weight is 449 g/mol. The van der Waals surface area contributed by atoms with E-state index < -0.39 is 10.0 Å². The van der Waals surface area contributed by atoms with Gasteiger partial charge in [0, 0.05) is 44.6 Å². The number of nitrogens with zero attached hydrogens (tertiary/aromatic N) is 2. The maximum Gasteiger partial charge on any atom is 0.251 e. The monoisotopic (exact) mass is 448 g/mol. The Balaban J connectivity index is 1.56. The van der Waals surface area contributed by atoms with Crippen molar-refractivity contribution in [3.63, 3.8) is 0 Å². The number of carbonyl (C=O) groups is 2. The van der Waals surface area contributed by atoms with Crippen molar-refractivity contribution in [1.82, 2.24) is 19.9 Å². The summed E-state index contributed by atoms with van der Waals surface area (Å²) in [7, 11) is -2.21. The second-order valence-electron chi connectivity index (χ2n) is 6.74. The zero-order valence-electron chi connectivity index (χ0n) is 17.0. The Bertz CT molecular complexity index is 1010. The molecular weight excluding hydrogens is 424 g/mol. The van der Waals surface area contributed by atoms with Gasteiger partial charge in [-0.25, -0.2) is 13.4 Å². The van der Waals surface area contributed by atoms with Crippen LogP contribution in [0, 0.1) is 0 Å². The first kappa shape index (κ1) is 22.7. The third-order valence-electron chi connectivity index (χ3n) is 4.55. The van der Waals surface area contributed by atoms with Crippen LogP contribution in [0.4, 0.5) is 0 Å². The van der Waals surface area contributed by atoms with E-state index >= 15 is 0 Å². The number of sulfonamides is 1. The molecule has 0 saturated carbocycles. The molecule has 1 aromatic carbocycles. The summed E-state index contributed by atoms with van der Waals surface area (Å²) in [6, 6.07) is 9.11. The Morgan fingerprint density at radius 2 is 1.97 bits per heavy atom. The Labute approximate surface area is 180 Å². The molecule has 1 aliphatic heterocycles. The van der Waals surface area contributed by atoms with Crippen molar-refractivity contribution in [2.24, 2.45) is 0 Å². The van der Waals surface area contributed by atoms with Crippen molar-refractivity contribution < 1.29 is 27.5 Å². The Morgan fingerprint density at radius 1 is 1.19 bits per heavy atom. The maximum absolute atomic E-state index is 12.7. The van der Waals surface area contributed by atoms with Crippen LogP contribution in [-0.2, 0) is 26.1 Å². The van der Waals surface area contributed by atoms with Crippen LogP contribution in [0.15, 0.2) is 47.5 Å². The fourth-order valence-electron chi connectivity index (χ4n) is 2.86. The van der Waals surface area contributed by atoms with E-state index in [0.717, 1.165) is 9.87 Å². The minimum atomic E-state index is -3.79. The van der Waals surface area contributed by atoms with Gasteiger partial charge in [0.15, 0.2) is 0 Å². The molecule has 10 nitrogen and oxygen atoms in total. The van der Waals surface area contributed by atoms with E-state index in [1.807, 2.05) is 0 Å². The zero-order chi connectivity index (χ0) is 22.3. The summed E-state index contributed by atoms with van der Waals surface area (Å²) in [6.07, 6.45) is 1.60. The molecule has 2 amide bonds. The molecule has 2 aromatic rings. The molecule has 11 heteroatoms. The van der Waals surface area contributed by atoms with Gasteiger partial charge in [-0.05, 0) is 29.8 Å². The highest BCUT2D eigenvalue weighted by Gasteiger charge is 2.29. The number of nitrogens with one attached hydrogen (secondary N) is 2. The second-order valence-corrected chi connectivity index (χ2v) is 8.68.